The van der Waals surface area contributed by atoms with Gasteiger partial charge in [0.1, 0.15) is 17.3 Å². The van der Waals surface area contributed by atoms with E-state index in [0.717, 1.165) is 31.2 Å². The number of carbonyl (C=O) groups is 3. The number of tetrazole rings is 1. The van der Waals surface area contributed by atoms with Crippen LogP contribution >= 0.6 is 0 Å². The number of nitrogens with zero attached hydrogens (tertiary/aromatic N) is 5. The van der Waals surface area contributed by atoms with E-state index in [2.05, 4.69) is 25.4 Å². The van der Waals surface area contributed by atoms with E-state index >= 15 is 0 Å². The third kappa shape index (κ3) is 6.08. The van der Waals surface area contributed by atoms with Gasteiger partial charge < -0.3 is 15.0 Å². The highest BCUT2D eigenvalue weighted by Crippen LogP contribution is 2.47. The van der Waals surface area contributed by atoms with Gasteiger partial charge in [0.2, 0.25) is 27.7 Å². The van der Waals surface area contributed by atoms with Crippen LogP contribution in [-0.4, -0.2) is 81.2 Å². The summed E-state index contributed by atoms with van der Waals surface area (Å²) in [5.41, 5.74) is -0.662. The summed E-state index contributed by atoms with van der Waals surface area (Å²) in [4.78, 5) is 44.4. The van der Waals surface area contributed by atoms with Crippen LogP contribution in [0, 0.1) is 11.8 Å². The Morgan fingerprint density at radius 1 is 1.13 bits per heavy atom. The van der Waals surface area contributed by atoms with E-state index in [1.54, 1.807) is 31.1 Å². The van der Waals surface area contributed by atoms with E-state index in [4.69, 9.17) is 4.74 Å². The van der Waals surface area contributed by atoms with Crippen molar-refractivity contribution in [1.82, 2.24) is 35.1 Å². The summed E-state index contributed by atoms with van der Waals surface area (Å²) >= 11 is 0. The number of rotatable bonds is 6. The molecular formula is C31H41N7O6S. The Labute approximate surface area is 263 Å². The number of amides is 3. The zero-order valence-corrected chi connectivity index (χ0v) is 26.8. The number of hydrogen-bond acceptors (Lipinski definition) is 9. The number of ether oxygens (including phenoxy) is 1. The lowest BCUT2D eigenvalue weighted by atomic mass is 10.0. The minimum absolute atomic E-state index is 0.142. The second-order valence-electron chi connectivity index (χ2n) is 13.2. The number of hydrogen-bond donors (Lipinski definition) is 2. The van der Waals surface area contributed by atoms with Crippen LogP contribution in [0.25, 0.3) is 11.4 Å². The average molecular weight is 640 g/mol. The number of allylic oxidation sites excluding steroid dienone is 1. The fourth-order valence-electron chi connectivity index (χ4n) is 6.33. The highest BCUT2D eigenvalue weighted by Gasteiger charge is 2.63. The molecule has 13 nitrogen and oxygen atoms in total. The largest absolute Gasteiger partial charge is 0.497 e. The third-order valence-corrected chi connectivity index (χ3v) is 12.0. The lowest BCUT2D eigenvalue weighted by Crippen LogP contribution is -2.57. The van der Waals surface area contributed by atoms with Crippen molar-refractivity contribution in [1.29, 1.82) is 0 Å². The summed E-state index contributed by atoms with van der Waals surface area (Å²) in [6, 6.07) is 5.94. The van der Waals surface area contributed by atoms with Gasteiger partial charge in [0.25, 0.3) is 5.91 Å². The second-order valence-corrected chi connectivity index (χ2v) is 15.4. The zero-order chi connectivity index (χ0) is 32.0. The number of methoxy groups -OCH3 is 1. The summed E-state index contributed by atoms with van der Waals surface area (Å²) in [7, 11) is -2.32. The fraction of sp³-hybridized carbons (Fsp3) is 0.613. The van der Waals surface area contributed by atoms with Gasteiger partial charge in [-0.2, -0.15) is 4.80 Å². The highest BCUT2D eigenvalue weighted by atomic mass is 32.2. The van der Waals surface area contributed by atoms with Crippen LogP contribution in [0.3, 0.4) is 0 Å². The van der Waals surface area contributed by atoms with E-state index in [0.29, 0.717) is 30.8 Å². The van der Waals surface area contributed by atoms with Crippen LogP contribution in [0.2, 0.25) is 0 Å². The maximum absolute atomic E-state index is 14.0. The van der Waals surface area contributed by atoms with E-state index < -0.39 is 44.2 Å². The topological polar surface area (TPSA) is 165 Å². The van der Waals surface area contributed by atoms with Crippen molar-refractivity contribution in [2.24, 2.45) is 11.8 Å². The number of fused-ring (bicyclic) bond motifs is 2. The molecule has 3 amide bonds. The lowest BCUT2D eigenvalue weighted by Gasteiger charge is -2.28. The van der Waals surface area contributed by atoms with Gasteiger partial charge >= 0.3 is 0 Å². The summed E-state index contributed by atoms with van der Waals surface area (Å²) in [6.45, 7) is 3.70. The monoisotopic (exact) mass is 639 g/mol. The molecule has 2 aliphatic heterocycles. The number of aromatic nitrogens is 4. The minimum atomic E-state index is -3.91. The van der Waals surface area contributed by atoms with Gasteiger partial charge in [-0.05, 0) is 74.9 Å². The molecule has 45 heavy (non-hydrogen) atoms. The van der Waals surface area contributed by atoms with Crippen molar-refractivity contribution in [2.75, 3.05) is 13.7 Å². The molecule has 1 aromatic heterocycles. The predicted molar refractivity (Wildman–Crippen MR) is 164 cm³/mol. The average Bonchev–Trinajstić information content (AvgIpc) is 3.78. The van der Waals surface area contributed by atoms with Gasteiger partial charge in [0, 0.05) is 30.4 Å². The summed E-state index contributed by atoms with van der Waals surface area (Å²) < 4.78 is 32.5. The predicted octanol–water partition coefficient (Wildman–Crippen LogP) is 2.52. The van der Waals surface area contributed by atoms with Gasteiger partial charge in [0.05, 0.1) is 17.9 Å². The molecule has 242 valence electrons. The molecule has 0 unspecified atom stereocenters. The molecule has 0 radical (unpaired) electrons. The van der Waals surface area contributed by atoms with Crippen molar-refractivity contribution in [2.45, 2.75) is 94.0 Å². The van der Waals surface area contributed by atoms with Gasteiger partial charge in [-0.3, -0.25) is 19.1 Å². The molecule has 0 bridgehead atoms. The standard InChI is InChI=1S/C31H41N7O6S/c1-20-9-7-5-4-6-8-10-22-18-31(22,29(41)35-45(42,43)30(2)15-16-30)32-27(39)25-17-23(19-37(25)28(20)40)38-34-26(33-36-38)21-11-13-24(44-3)14-12-21/h8,10-14,20,22-23,25H,4-7,9,15-19H2,1-3H3,(H,32,39)(H,35,41)/b10-8-/t20-,22+,23+,25-,31+/m0/s1. The Balaban J connectivity index is 1.26. The van der Waals surface area contributed by atoms with E-state index in [1.807, 2.05) is 31.2 Å². The quantitative estimate of drug-likeness (QED) is 0.452. The molecule has 0 spiro atoms. The van der Waals surface area contributed by atoms with E-state index in [-0.39, 0.29) is 37.1 Å². The second kappa shape index (κ2) is 11.8. The summed E-state index contributed by atoms with van der Waals surface area (Å²) in [6.07, 6.45) is 9.66. The van der Waals surface area contributed by atoms with Crippen molar-refractivity contribution in [3.8, 4) is 17.1 Å². The SMILES string of the molecule is COc1ccc(-c2nnn([C@@H]3C[C@H]4C(=O)N[C@]5(C(=O)NS(=O)(=O)C6(C)CC6)C[C@H]5/C=C\CCCCC[C@H](C)C(=O)N4C3)n2)cc1. The van der Waals surface area contributed by atoms with Crippen LogP contribution < -0.4 is 14.8 Å². The smallest absolute Gasteiger partial charge is 0.259 e. The van der Waals surface area contributed by atoms with Crippen molar-refractivity contribution in [3.63, 3.8) is 0 Å². The number of sulfonamides is 1. The van der Waals surface area contributed by atoms with Crippen molar-refractivity contribution < 1.29 is 27.5 Å². The first-order chi connectivity index (χ1) is 21.5. The Kier molecular flexibility index (Phi) is 8.21. The molecule has 5 atom stereocenters. The van der Waals surface area contributed by atoms with Gasteiger partial charge in [-0.15, -0.1) is 10.2 Å². The third-order valence-electron chi connectivity index (χ3n) is 9.86. The molecule has 2 N–H and O–H groups in total. The lowest BCUT2D eigenvalue weighted by molar-refractivity contribution is -0.142. The van der Waals surface area contributed by atoms with Crippen LogP contribution in [0.4, 0.5) is 0 Å². The molecule has 1 aromatic carbocycles. The van der Waals surface area contributed by atoms with Gasteiger partial charge in [-0.25, -0.2) is 8.42 Å². The van der Waals surface area contributed by atoms with E-state index in [9.17, 15) is 22.8 Å². The number of carbonyl (C=O) groups excluding carboxylic acids is 3. The normalized spacial score (nSPS) is 30.6. The molecule has 14 heteroatoms. The summed E-state index contributed by atoms with van der Waals surface area (Å²) in [5.74, 6) is -0.914. The molecule has 3 fully saturated rings. The molecule has 3 heterocycles. The number of benzene rings is 1. The molecule has 2 aromatic rings. The van der Waals surface area contributed by atoms with Crippen molar-refractivity contribution >= 4 is 27.7 Å². The van der Waals surface area contributed by atoms with Crippen LogP contribution in [0.5, 0.6) is 5.75 Å². The van der Waals surface area contributed by atoms with Crippen LogP contribution in [-0.2, 0) is 24.4 Å². The Hall–Kier alpha value is -3.81. The minimum Gasteiger partial charge on any atom is -0.497 e. The Bertz CT molecular complexity index is 1600. The first kappa shape index (κ1) is 31.2. The maximum atomic E-state index is 14.0. The van der Waals surface area contributed by atoms with Crippen LogP contribution in [0.15, 0.2) is 36.4 Å². The zero-order valence-electron chi connectivity index (χ0n) is 25.9. The first-order valence-corrected chi connectivity index (χ1v) is 17.2. The Morgan fingerprint density at radius 2 is 1.89 bits per heavy atom. The van der Waals surface area contributed by atoms with Crippen LogP contribution in [0.1, 0.15) is 77.7 Å². The first-order valence-electron chi connectivity index (χ1n) is 15.8. The van der Waals surface area contributed by atoms with Crippen molar-refractivity contribution in [3.05, 3.63) is 36.4 Å². The molecular weight excluding hydrogens is 598 g/mol. The molecule has 2 aliphatic carbocycles. The van der Waals surface area contributed by atoms with Gasteiger partial charge in [-0.1, -0.05) is 31.9 Å². The maximum Gasteiger partial charge on any atom is 0.259 e. The molecule has 6 rings (SSSR count). The Morgan fingerprint density at radius 3 is 2.60 bits per heavy atom. The van der Waals surface area contributed by atoms with Gasteiger partial charge in [0.15, 0.2) is 0 Å². The number of nitrogens with one attached hydrogen (secondary N) is 2. The molecule has 4 aliphatic rings. The fourth-order valence-corrected chi connectivity index (χ4v) is 7.64. The molecule has 1 saturated heterocycles. The molecule has 2 saturated carbocycles. The highest BCUT2D eigenvalue weighted by molar-refractivity contribution is 7.91. The summed E-state index contributed by atoms with van der Waals surface area (Å²) in [5, 5.41) is 16.0. The van der Waals surface area contributed by atoms with E-state index in [1.165, 1.54) is 4.80 Å².